The maximum absolute atomic E-state index is 12.6. The Labute approximate surface area is 121 Å². The Balaban J connectivity index is 2.32. The van der Waals surface area contributed by atoms with Gasteiger partial charge in [-0.2, -0.15) is 0 Å². The maximum Gasteiger partial charge on any atom is 0.235 e. The molecule has 4 nitrogen and oxygen atoms in total. The Bertz CT molecular complexity index is 841. The highest BCUT2D eigenvalue weighted by molar-refractivity contribution is 5.81. The van der Waals surface area contributed by atoms with Crippen LogP contribution in [0.2, 0.25) is 0 Å². The minimum Gasteiger partial charge on any atom is -0.482 e. The van der Waals surface area contributed by atoms with E-state index in [2.05, 4.69) is 6.58 Å². The van der Waals surface area contributed by atoms with Crippen LogP contribution in [-0.2, 0) is 0 Å². The van der Waals surface area contributed by atoms with E-state index in [0.29, 0.717) is 22.5 Å². The van der Waals surface area contributed by atoms with Gasteiger partial charge in [0.05, 0.1) is 11.6 Å². The minimum absolute atomic E-state index is 0.140. The average molecular weight is 282 g/mol. The molecular formula is C17H14O4. The molecule has 0 amide bonds. The summed E-state index contributed by atoms with van der Waals surface area (Å²) in [5, 5.41) is 0.481. The minimum atomic E-state index is -0.218. The van der Waals surface area contributed by atoms with Gasteiger partial charge in [0.15, 0.2) is 5.76 Å². The van der Waals surface area contributed by atoms with E-state index >= 15 is 0 Å². The quantitative estimate of drug-likeness (QED) is 0.680. The molecule has 0 aliphatic carbocycles. The van der Waals surface area contributed by atoms with Gasteiger partial charge < -0.3 is 13.6 Å². The fraction of sp³-hybridized carbons (Fsp3) is 0.118. The summed E-state index contributed by atoms with van der Waals surface area (Å²) in [6.07, 6.45) is 3.09. The first kappa shape index (κ1) is 13.2. The number of hydrogen-bond donors (Lipinski definition) is 0. The zero-order valence-electron chi connectivity index (χ0n) is 11.6. The van der Waals surface area contributed by atoms with E-state index in [4.69, 9.17) is 13.6 Å². The van der Waals surface area contributed by atoms with E-state index in [-0.39, 0.29) is 17.8 Å². The van der Waals surface area contributed by atoms with Crippen molar-refractivity contribution in [2.45, 2.75) is 6.92 Å². The summed E-state index contributed by atoms with van der Waals surface area (Å²) in [6, 6.07) is 8.88. The molecule has 2 heterocycles. The molecule has 3 aromatic rings. The first-order chi connectivity index (χ1) is 10.2. The third-order valence-electron chi connectivity index (χ3n) is 3.10. The Morgan fingerprint density at radius 3 is 2.90 bits per heavy atom. The Morgan fingerprint density at radius 1 is 1.33 bits per heavy atom. The van der Waals surface area contributed by atoms with Crippen molar-refractivity contribution in [3.8, 4) is 17.3 Å². The molecule has 1 aromatic carbocycles. The monoisotopic (exact) mass is 282 g/mol. The topological polar surface area (TPSA) is 52.6 Å². The smallest absolute Gasteiger partial charge is 0.235 e. The summed E-state index contributed by atoms with van der Waals surface area (Å²) in [5.41, 5.74) is 1.30. The molecule has 2 aromatic heterocycles. The van der Waals surface area contributed by atoms with Crippen LogP contribution in [0.4, 0.5) is 0 Å². The molecule has 0 atom stereocenters. The summed E-state index contributed by atoms with van der Waals surface area (Å²) in [6.45, 7) is 5.75. The molecule has 106 valence electrons. The van der Waals surface area contributed by atoms with Crippen molar-refractivity contribution in [3.05, 3.63) is 65.0 Å². The molecule has 0 saturated heterocycles. The predicted molar refractivity (Wildman–Crippen MR) is 80.6 cm³/mol. The van der Waals surface area contributed by atoms with Crippen molar-refractivity contribution in [2.75, 3.05) is 6.61 Å². The van der Waals surface area contributed by atoms with Crippen LogP contribution in [0, 0.1) is 6.92 Å². The molecule has 0 saturated carbocycles. The highest BCUT2D eigenvalue weighted by atomic mass is 16.5. The normalized spacial score (nSPS) is 10.7. The fourth-order valence-electron chi connectivity index (χ4n) is 2.13. The van der Waals surface area contributed by atoms with Crippen LogP contribution in [0.1, 0.15) is 5.56 Å². The van der Waals surface area contributed by atoms with Gasteiger partial charge in [-0.25, -0.2) is 0 Å². The van der Waals surface area contributed by atoms with Gasteiger partial charge in [0.1, 0.15) is 12.2 Å². The summed E-state index contributed by atoms with van der Waals surface area (Å²) in [5.74, 6) is 0.890. The molecule has 4 heteroatoms. The lowest BCUT2D eigenvalue weighted by molar-refractivity contribution is 0.349. The number of rotatable bonds is 4. The van der Waals surface area contributed by atoms with Crippen LogP contribution in [0.15, 0.2) is 62.9 Å². The molecule has 0 aliphatic heterocycles. The van der Waals surface area contributed by atoms with Crippen molar-refractivity contribution < 1.29 is 13.6 Å². The zero-order valence-corrected chi connectivity index (χ0v) is 11.6. The van der Waals surface area contributed by atoms with Crippen molar-refractivity contribution in [2.24, 2.45) is 0 Å². The van der Waals surface area contributed by atoms with Gasteiger partial charge in [0.25, 0.3) is 0 Å². The Kier molecular flexibility index (Phi) is 3.36. The number of fused-ring (bicyclic) bond motifs is 1. The van der Waals surface area contributed by atoms with Crippen molar-refractivity contribution in [1.29, 1.82) is 0 Å². The van der Waals surface area contributed by atoms with Gasteiger partial charge >= 0.3 is 0 Å². The van der Waals surface area contributed by atoms with Crippen LogP contribution in [0.3, 0.4) is 0 Å². The van der Waals surface area contributed by atoms with Crippen molar-refractivity contribution in [3.63, 3.8) is 0 Å². The molecule has 21 heavy (non-hydrogen) atoms. The summed E-state index contributed by atoms with van der Waals surface area (Å²) >= 11 is 0. The molecule has 0 spiro atoms. The summed E-state index contributed by atoms with van der Waals surface area (Å²) < 4.78 is 16.7. The van der Waals surface area contributed by atoms with E-state index in [1.54, 1.807) is 24.3 Å². The summed E-state index contributed by atoms with van der Waals surface area (Å²) in [7, 11) is 0. The van der Waals surface area contributed by atoms with Crippen LogP contribution < -0.4 is 10.2 Å². The molecule has 0 aliphatic rings. The molecule has 3 rings (SSSR count). The van der Waals surface area contributed by atoms with E-state index in [1.807, 2.05) is 19.1 Å². The lowest BCUT2D eigenvalue weighted by Gasteiger charge is -2.09. The first-order valence-corrected chi connectivity index (χ1v) is 6.55. The summed E-state index contributed by atoms with van der Waals surface area (Å²) in [4.78, 5) is 12.6. The van der Waals surface area contributed by atoms with Crippen molar-refractivity contribution >= 4 is 11.0 Å². The SMILES string of the molecule is C=CCOc1c(-c2ccco2)oc2cc(C)ccc2c1=O. The van der Waals surface area contributed by atoms with E-state index < -0.39 is 0 Å². The molecule has 0 N–H and O–H groups in total. The number of hydrogen-bond acceptors (Lipinski definition) is 4. The van der Waals surface area contributed by atoms with Crippen LogP contribution in [0.25, 0.3) is 22.5 Å². The van der Waals surface area contributed by atoms with E-state index in [9.17, 15) is 4.79 Å². The third kappa shape index (κ3) is 2.36. The number of furan rings is 1. The van der Waals surface area contributed by atoms with Gasteiger partial charge in [-0.05, 0) is 36.8 Å². The van der Waals surface area contributed by atoms with E-state index in [1.165, 1.54) is 6.26 Å². The largest absolute Gasteiger partial charge is 0.482 e. The average Bonchev–Trinajstić information content (AvgIpc) is 3.00. The van der Waals surface area contributed by atoms with Gasteiger partial charge in [-0.1, -0.05) is 18.7 Å². The first-order valence-electron chi connectivity index (χ1n) is 6.55. The lowest BCUT2D eigenvalue weighted by Crippen LogP contribution is -2.10. The van der Waals surface area contributed by atoms with Gasteiger partial charge in [-0.3, -0.25) is 4.79 Å². The second kappa shape index (κ2) is 5.32. The standard InChI is InChI=1S/C17H14O4/c1-3-8-20-17-15(18)12-7-6-11(2)10-14(12)21-16(17)13-5-4-9-19-13/h3-7,9-10H,1,8H2,2H3. The molecule has 0 bridgehead atoms. The van der Waals surface area contributed by atoms with E-state index in [0.717, 1.165) is 5.56 Å². The van der Waals surface area contributed by atoms with Gasteiger partial charge in [-0.15, -0.1) is 0 Å². The number of ether oxygens (including phenoxy) is 1. The Hall–Kier alpha value is -2.75. The lowest BCUT2D eigenvalue weighted by atomic mass is 10.1. The van der Waals surface area contributed by atoms with Gasteiger partial charge in [0, 0.05) is 0 Å². The highest BCUT2D eigenvalue weighted by Gasteiger charge is 2.19. The second-order valence-electron chi connectivity index (χ2n) is 4.67. The fourth-order valence-corrected chi connectivity index (χ4v) is 2.13. The van der Waals surface area contributed by atoms with Crippen LogP contribution in [0.5, 0.6) is 5.75 Å². The zero-order chi connectivity index (χ0) is 14.8. The Morgan fingerprint density at radius 2 is 2.19 bits per heavy atom. The molecular weight excluding hydrogens is 268 g/mol. The molecule has 0 radical (unpaired) electrons. The second-order valence-corrected chi connectivity index (χ2v) is 4.67. The van der Waals surface area contributed by atoms with Crippen LogP contribution >= 0.6 is 0 Å². The maximum atomic E-state index is 12.6. The number of benzene rings is 1. The van der Waals surface area contributed by atoms with Crippen molar-refractivity contribution in [1.82, 2.24) is 0 Å². The van der Waals surface area contributed by atoms with Gasteiger partial charge in [0.2, 0.25) is 16.9 Å². The highest BCUT2D eigenvalue weighted by Crippen LogP contribution is 2.31. The molecule has 0 unspecified atom stereocenters. The third-order valence-corrected chi connectivity index (χ3v) is 3.10. The predicted octanol–water partition coefficient (Wildman–Crippen LogP) is 3.93. The van der Waals surface area contributed by atoms with Crippen LogP contribution in [-0.4, -0.2) is 6.61 Å². The molecule has 0 fully saturated rings. The number of aryl methyl sites for hydroxylation is 1.